The van der Waals surface area contributed by atoms with Gasteiger partial charge in [0.15, 0.2) is 0 Å². The van der Waals surface area contributed by atoms with Gasteiger partial charge < -0.3 is 10.4 Å². The quantitative estimate of drug-likeness (QED) is 0.860. The number of amides is 1. The molecule has 0 bridgehead atoms. The Morgan fingerprint density at radius 2 is 1.86 bits per heavy atom. The number of nitrogens with one attached hydrogen (secondary N) is 1. The van der Waals surface area contributed by atoms with Crippen molar-refractivity contribution in [2.75, 3.05) is 0 Å². The minimum atomic E-state index is -0.941. The van der Waals surface area contributed by atoms with Crippen LogP contribution < -0.4 is 5.32 Å². The summed E-state index contributed by atoms with van der Waals surface area (Å²) in [6.45, 7) is 2.46. The minimum absolute atomic E-state index is 0.150. The molecular formula is C16H17NO3S. The van der Waals surface area contributed by atoms with E-state index in [4.69, 9.17) is 5.11 Å². The number of thiophene rings is 1. The maximum atomic E-state index is 12.0. The third-order valence-corrected chi connectivity index (χ3v) is 4.12. The smallest absolute Gasteiger partial charge is 0.345 e. The van der Waals surface area contributed by atoms with Crippen LogP contribution in [-0.2, 0) is 13.0 Å². The molecule has 0 unspecified atom stereocenters. The number of hydrogen-bond acceptors (Lipinski definition) is 3. The van der Waals surface area contributed by atoms with Gasteiger partial charge in [0.1, 0.15) is 4.88 Å². The SMILES string of the molecule is CCCc1ccc(C(=O)NCc2ccc(C(=O)O)s2)cc1. The summed E-state index contributed by atoms with van der Waals surface area (Å²) in [5, 5.41) is 11.6. The van der Waals surface area contributed by atoms with E-state index in [0.29, 0.717) is 12.1 Å². The van der Waals surface area contributed by atoms with Gasteiger partial charge in [-0.05, 0) is 36.2 Å². The molecule has 0 fully saturated rings. The van der Waals surface area contributed by atoms with Gasteiger partial charge in [0, 0.05) is 10.4 Å². The van der Waals surface area contributed by atoms with E-state index in [0.717, 1.165) is 17.7 Å². The van der Waals surface area contributed by atoms with E-state index < -0.39 is 5.97 Å². The van der Waals surface area contributed by atoms with Gasteiger partial charge in [-0.3, -0.25) is 4.79 Å². The topological polar surface area (TPSA) is 66.4 Å². The van der Waals surface area contributed by atoms with Gasteiger partial charge in [-0.25, -0.2) is 4.79 Å². The number of aromatic carboxylic acids is 1. The number of carbonyl (C=O) groups is 2. The lowest BCUT2D eigenvalue weighted by Gasteiger charge is -2.05. The zero-order valence-electron chi connectivity index (χ0n) is 11.8. The number of rotatable bonds is 6. The van der Waals surface area contributed by atoms with E-state index in [9.17, 15) is 9.59 Å². The zero-order valence-corrected chi connectivity index (χ0v) is 12.6. The molecule has 21 heavy (non-hydrogen) atoms. The highest BCUT2D eigenvalue weighted by Crippen LogP contribution is 2.16. The van der Waals surface area contributed by atoms with Crippen molar-refractivity contribution in [2.24, 2.45) is 0 Å². The third kappa shape index (κ3) is 4.16. The van der Waals surface area contributed by atoms with Crippen LogP contribution in [0.4, 0.5) is 0 Å². The molecule has 0 radical (unpaired) electrons. The predicted molar refractivity (Wildman–Crippen MR) is 82.9 cm³/mol. The van der Waals surface area contributed by atoms with Crippen LogP contribution in [0.1, 0.15) is 43.8 Å². The first-order valence-electron chi connectivity index (χ1n) is 6.79. The van der Waals surface area contributed by atoms with Crippen LogP contribution in [0.2, 0.25) is 0 Å². The van der Waals surface area contributed by atoms with E-state index >= 15 is 0 Å². The Hall–Kier alpha value is -2.14. The Labute approximate surface area is 127 Å². The summed E-state index contributed by atoms with van der Waals surface area (Å²) in [6, 6.07) is 10.8. The van der Waals surface area contributed by atoms with Crippen molar-refractivity contribution in [1.82, 2.24) is 5.32 Å². The summed E-state index contributed by atoms with van der Waals surface area (Å²) >= 11 is 1.17. The Bertz CT molecular complexity index is 631. The van der Waals surface area contributed by atoms with E-state index in [1.165, 1.54) is 16.9 Å². The van der Waals surface area contributed by atoms with Crippen molar-refractivity contribution in [3.8, 4) is 0 Å². The van der Waals surface area contributed by atoms with Gasteiger partial charge >= 0.3 is 5.97 Å². The van der Waals surface area contributed by atoms with Crippen LogP contribution in [0.25, 0.3) is 0 Å². The maximum Gasteiger partial charge on any atom is 0.345 e. The molecular weight excluding hydrogens is 286 g/mol. The van der Waals surface area contributed by atoms with E-state index in [2.05, 4.69) is 12.2 Å². The molecule has 0 aliphatic heterocycles. The molecule has 110 valence electrons. The molecule has 0 saturated carbocycles. The van der Waals surface area contributed by atoms with Crippen LogP contribution in [0.15, 0.2) is 36.4 Å². The molecule has 2 rings (SSSR count). The first-order valence-corrected chi connectivity index (χ1v) is 7.61. The van der Waals surface area contributed by atoms with Crippen LogP contribution >= 0.6 is 11.3 Å². The predicted octanol–water partition coefficient (Wildman–Crippen LogP) is 3.33. The van der Waals surface area contributed by atoms with Crippen molar-refractivity contribution >= 4 is 23.2 Å². The molecule has 0 spiro atoms. The lowest BCUT2D eigenvalue weighted by Crippen LogP contribution is -2.22. The molecule has 2 aromatic rings. The third-order valence-electron chi connectivity index (χ3n) is 3.05. The van der Waals surface area contributed by atoms with Crippen LogP contribution in [0.5, 0.6) is 0 Å². The molecule has 1 aromatic carbocycles. The lowest BCUT2D eigenvalue weighted by atomic mass is 10.1. The summed E-state index contributed by atoms with van der Waals surface area (Å²) < 4.78 is 0. The highest BCUT2D eigenvalue weighted by Gasteiger charge is 2.09. The summed E-state index contributed by atoms with van der Waals surface area (Å²) in [5.74, 6) is -1.09. The van der Waals surface area contributed by atoms with Gasteiger partial charge in [-0.15, -0.1) is 11.3 Å². The second kappa shape index (κ2) is 7.04. The van der Waals surface area contributed by atoms with Crippen LogP contribution in [0, 0.1) is 0 Å². The number of aryl methyl sites for hydroxylation is 1. The molecule has 0 aliphatic carbocycles. The van der Waals surface area contributed by atoms with Gasteiger partial charge in [-0.2, -0.15) is 0 Å². The van der Waals surface area contributed by atoms with Gasteiger partial charge in [0.25, 0.3) is 5.91 Å². The van der Waals surface area contributed by atoms with E-state index in [-0.39, 0.29) is 10.8 Å². The van der Waals surface area contributed by atoms with Crippen molar-refractivity contribution in [3.05, 3.63) is 57.3 Å². The highest BCUT2D eigenvalue weighted by atomic mass is 32.1. The molecule has 2 N–H and O–H groups in total. The number of carbonyl (C=O) groups excluding carboxylic acids is 1. The average molecular weight is 303 g/mol. The van der Waals surface area contributed by atoms with Crippen molar-refractivity contribution < 1.29 is 14.7 Å². The normalized spacial score (nSPS) is 10.3. The largest absolute Gasteiger partial charge is 0.477 e. The number of carboxylic acids is 1. The zero-order chi connectivity index (χ0) is 15.2. The summed E-state index contributed by atoms with van der Waals surface area (Å²) in [5.41, 5.74) is 1.84. The van der Waals surface area contributed by atoms with Crippen molar-refractivity contribution in [1.29, 1.82) is 0 Å². The standard InChI is InChI=1S/C16H17NO3S/c1-2-3-11-4-6-12(7-5-11)15(18)17-10-13-8-9-14(21-13)16(19)20/h4-9H,2-3,10H2,1H3,(H,17,18)(H,19,20). The molecule has 1 heterocycles. The number of benzene rings is 1. The van der Waals surface area contributed by atoms with Gasteiger partial charge in [0.2, 0.25) is 0 Å². The lowest BCUT2D eigenvalue weighted by molar-refractivity contribution is 0.0702. The molecule has 0 atom stereocenters. The second-order valence-corrected chi connectivity index (χ2v) is 5.87. The monoisotopic (exact) mass is 303 g/mol. The first kappa shape index (κ1) is 15.3. The maximum absolute atomic E-state index is 12.0. The van der Waals surface area contributed by atoms with Crippen LogP contribution in [-0.4, -0.2) is 17.0 Å². The molecule has 0 saturated heterocycles. The Morgan fingerprint density at radius 1 is 1.14 bits per heavy atom. The Kier molecular flexibility index (Phi) is 5.11. The fraction of sp³-hybridized carbons (Fsp3) is 0.250. The molecule has 1 aromatic heterocycles. The highest BCUT2D eigenvalue weighted by molar-refractivity contribution is 7.13. The Balaban J connectivity index is 1.92. The van der Waals surface area contributed by atoms with Crippen molar-refractivity contribution in [3.63, 3.8) is 0 Å². The minimum Gasteiger partial charge on any atom is -0.477 e. The fourth-order valence-corrected chi connectivity index (χ4v) is 2.76. The molecule has 4 nitrogen and oxygen atoms in total. The number of hydrogen-bond donors (Lipinski definition) is 2. The second-order valence-electron chi connectivity index (χ2n) is 4.70. The van der Waals surface area contributed by atoms with E-state index in [1.54, 1.807) is 12.1 Å². The summed E-state index contributed by atoms with van der Waals surface area (Å²) in [7, 11) is 0. The molecule has 1 amide bonds. The van der Waals surface area contributed by atoms with Crippen molar-refractivity contribution in [2.45, 2.75) is 26.3 Å². The first-order chi connectivity index (χ1) is 10.1. The number of carboxylic acid groups (broad SMARTS) is 1. The molecule has 5 heteroatoms. The Morgan fingerprint density at radius 3 is 2.43 bits per heavy atom. The van der Waals surface area contributed by atoms with Gasteiger partial charge in [0.05, 0.1) is 6.54 Å². The average Bonchev–Trinajstić information content (AvgIpc) is 2.95. The fourth-order valence-electron chi connectivity index (χ4n) is 1.97. The van der Waals surface area contributed by atoms with Crippen LogP contribution in [0.3, 0.4) is 0 Å². The summed E-state index contributed by atoms with van der Waals surface area (Å²) in [6.07, 6.45) is 2.09. The molecule has 0 aliphatic rings. The summed E-state index contributed by atoms with van der Waals surface area (Å²) in [4.78, 5) is 23.9. The van der Waals surface area contributed by atoms with Gasteiger partial charge in [-0.1, -0.05) is 25.5 Å². The van der Waals surface area contributed by atoms with E-state index in [1.807, 2.05) is 24.3 Å².